The first-order valence-corrected chi connectivity index (χ1v) is 9.94. The third-order valence-electron chi connectivity index (χ3n) is 3.04. The van der Waals surface area contributed by atoms with E-state index < -0.39 is 26.6 Å². The van der Waals surface area contributed by atoms with E-state index in [9.17, 15) is 17.8 Å². The summed E-state index contributed by atoms with van der Waals surface area (Å²) in [7, 11) is -7.65. The van der Waals surface area contributed by atoms with E-state index in [1.807, 2.05) is 0 Å². The number of rotatable bonds is 4. The number of hydrogen-bond acceptors (Lipinski definition) is 12. The summed E-state index contributed by atoms with van der Waals surface area (Å²) in [6, 6.07) is 14.5. The fourth-order valence-corrected chi connectivity index (χ4v) is 2.34. The monoisotopic (exact) mass is 534 g/mol. The summed E-state index contributed by atoms with van der Waals surface area (Å²) in [6.07, 6.45) is 2.72. The van der Waals surface area contributed by atoms with Gasteiger partial charge in [0.1, 0.15) is 16.0 Å². The summed E-state index contributed by atoms with van der Waals surface area (Å²) in [6.45, 7) is 0. The molecule has 0 saturated carbocycles. The second-order valence-corrected chi connectivity index (χ2v) is 6.71. The molecule has 2 aromatic carbocycles. The van der Waals surface area contributed by atoms with Crippen LogP contribution in [-0.4, -0.2) is 49.6 Å². The average Bonchev–Trinajstić information content (AvgIpc) is 3.07. The van der Waals surface area contributed by atoms with Gasteiger partial charge < -0.3 is 14.8 Å². The smallest absolute Gasteiger partial charge is 0.744 e. The van der Waals surface area contributed by atoms with Crippen molar-refractivity contribution in [1.82, 2.24) is 0 Å². The van der Waals surface area contributed by atoms with Crippen molar-refractivity contribution in [3.63, 3.8) is 0 Å². The van der Waals surface area contributed by atoms with Crippen molar-refractivity contribution in [3.8, 4) is 0 Å². The van der Waals surface area contributed by atoms with Crippen molar-refractivity contribution in [1.29, 1.82) is 0 Å². The summed E-state index contributed by atoms with van der Waals surface area (Å²) in [5.74, 6) is -0.539. The van der Waals surface area contributed by atoms with Crippen LogP contribution in [0.3, 0.4) is 0 Å². The maximum absolute atomic E-state index is 12.2. The van der Waals surface area contributed by atoms with Gasteiger partial charge in [-0.25, -0.2) is 13.5 Å². The van der Waals surface area contributed by atoms with E-state index >= 15 is 0 Å². The quantitative estimate of drug-likeness (QED) is 0.170. The third-order valence-corrected chi connectivity index (χ3v) is 3.89. The summed E-state index contributed by atoms with van der Waals surface area (Å²) in [4.78, 5) is 28.1. The molecular formula is C16H9N4Na3O9S2. The molecule has 0 radical (unpaired) electrons. The van der Waals surface area contributed by atoms with Crippen molar-refractivity contribution in [2.24, 2.45) is 10.2 Å². The zero-order valence-electron chi connectivity index (χ0n) is 18.0. The Hall–Kier alpha value is -1.04. The SMILES string of the molecule is O=C1C(=NNc2cc[c-]cc2)[C-]=NN1c1ccc(S(=O)(=O)[O-])cc1.O=C=O.O=S(=O)=O.[Na+].[Na+].[Na+]. The second-order valence-electron chi connectivity index (χ2n) is 4.93. The molecule has 18 heteroatoms. The van der Waals surface area contributed by atoms with E-state index in [0.29, 0.717) is 11.4 Å². The summed E-state index contributed by atoms with van der Waals surface area (Å²) < 4.78 is 58.0. The molecule has 0 spiro atoms. The summed E-state index contributed by atoms with van der Waals surface area (Å²) >= 11 is 0. The molecule has 0 bridgehead atoms. The van der Waals surface area contributed by atoms with Gasteiger partial charge in [0.05, 0.1) is 4.90 Å². The van der Waals surface area contributed by atoms with Crippen LogP contribution in [0.1, 0.15) is 0 Å². The van der Waals surface area contributed by atoms with E-state index in [0.717, 1.165) is 17.1 Å². The number of nitrogens with zero attached hydrogens (tertiary/aromatic N) is 3. The molecule has 162 valence electrons. The van der Waals surface area contributed by atoms with Gasteiger partial charge in [-0.1, -0.05) is 11.9 Å². The van der Waals surface area contributed by atoms with Crippen molar-refractivity contribution in [2.45, 2.75) is 4.90 Å². The first kappa shape index (κ1) is 37.5. The number of carbonyl (C=O) groups is 1. The van der Waals surface area contributed by atoms with Crippen molar-refractivity contribution < 1.29 is 129 Å². The van der Waals surface area contributed by atoms with Crippen LogP contribution in [0.5, 0.6) is 0 Å². The minimum atomic E-state index is -4.54. The zero-order chi connectivity index (χ0) is 23.4. The Morgan fingerprint density at radius 3 is 1.91 bits per heavy atom. The van der Waals surface area contributed by atoms with Crippen LogP contribution in [0.4, 0.5) is 11.4 Å². The molecular weight excluding hydrogens is 525 g/mol. The molecule has 1 N–H and O–H groups in total. The Bertz CT molecular complexity index is 1230. The van der Waals surface area contributed by atoms with Crippen LogP contribution in [0.2, 0.25) is 0 Å². The van der Waals surface area contributed by atoms with E-state index in [1.165, 1.54) is 12.1 Å². The Morgan fingerprint density at radius 2 is 1.47 bits per heavy atom. The van der Waals surface area contributed by atoms with Gasteiger partial charge in [0.25, 0.3) is 0 Å². The van der Waals surface area contributed by atoms with Gasteiger partial charge in [-0.2, -0.15) is 27.8 Å². The molecule has 0 fully saturated rings. The van der Waals surface area contributed by atoms with Gasteiger partial charge in [0, 0.05) is 5.69 Å². The zero-order valence-corrected chi connectivity index (χ0v) is 25.6. The fraction of sp³-hybridized carbons (Fsp3) is 0. The van der Waals surface area contributed by atoms with Crippen molar-refractivity contribution in [2.75, 3.05) is 10.4 Å². The number of hydrogen-bond donors (Lipinski definition) is 1. The first-order chi connectivity index (χ1) is 14.6. The normalized spacial score (nSPS) is 12.2. The van der Waals surface area contributed by atoms with E-state index in [1.54, 1.807) is 24.3 Å². The second kappa shape index (κ2) is 19.2. The van der Waals surface area contributed by atoms with Crippen LogP contribution in [0.25, 0.3) is 0 Å². The van der Waals surface area contributed by atoms with Crippen LogP contribution >= 0.6 is 0 Å². The Balaban J connectivity index is -0.000000857. The van der Waals surface area contributed by atoms with E-state index in [2.05, 4.69) is 27.9 Å². The first-order valence-electron chi connectivity index (χ1n) is 7.53. The molecule has 0 atom stereocenters. The molecule has 0 saturated heterocycles. The summed E-state index contributed by atoms with van der Waals surface area (Å²) in [5, 5.41) is 8.72. The van der Waals surface area contributed by atoms with Gasteiger partial charge in [-0.05, 0) is 30.0 Å². The van der Waals surface area contributed by atoms with Gasteiger partial charge in [0.2, 0.25) is 0 Å². The molecule has 1 aliphatic heterocycles. The number of nitrogens with one attached hydrogen (secondary N) is 1. The molecule has 13 nitrogen and oxygen atoms in total. The van der Waals surface area contributed by atoms with Crippen LogP contribution < -0.4 is 99.1 Å². The van der Waals surface area contributed by atoms with Crippen LogP contribution in [-0.2, 0) is 35.1 Å². The number of benzene rings is 2. The van der Waals surface area contributed by atoms with Gasteiger partial charge in [-0.3, -0.25) is 10.1 Å². The van der Waals surface area contributed by atoms with Crippen LogP contribution in [0.15, 0.2) is 63.6 Å². The van der Waals surface area contributed by atoms with E-state index in [-0.39, 0.29) is 105 Å². The maximum Gasteiger partial charge on any atom is 1.00 e. The predicted octanol–water partition coefficient (Wildman–Crippen LogP) is -9.51. The Morgan fingerprint density at radius 1 is 1.00 bits per heavy atom. The third kappa shape index (κ3) is 13.7. The molecule has 2 aromatic rings. The number of anilines is 2. The standard InChI is InChI=1S/C15H10N4O4S.CO2.3Na.O3S/c20-15-14(18-17-11-4-2-1-3-5-11)10-16-19(15)12-6-8-13(9-7-12)24(21,22)23;2-1-3;;;;1-4(2)3/h2-9,17H,(H,21,22,23);;;;;/q-2;;3*+1;/p-1. The summed E-state index contributed by atoms with van der Waals surface area (Å²) in [5.41, 5.74) is 3.61. The molecule has 1 aliphatic rings. The van der Waals surface area contributed by atoms with E-state index in [4.69, 9.17) is 22.2 Å². The van der Waals surface area contributed by atoms with Crippen molar-refractivity contribution >= 4 is 56.1 Å². The Kier molecular flexibility index (Phi) is 21.2. The van der Waals surface area contributed by atoms with Gasteiger partial charge in [0.15, 0.2) is 0 Å². The minimum Gasteiger partial charge on any atom is -0.744 e. The number of amides is 1. The van der Waals surface area contributed by atoms with Gasteiger partial charge >= 0.3 is 105 Å². The van der Waals surface area contributed by atoms with Crippen molar-refractivity contribution in [3.05, 3.63) is 54.6 Å². The number of carbonyl (C=O) groups excluding carboxylic acids is 3. The molecule has 0 aliphatic carbocycles. The largest absolute Gasteiger partial charge is 1.00 e. The minimum absolute atomic E-state index is 0. The predicted molar refractivity (Wildman–Crippen MR) is 100 cm³/mol. The Labute approximate surface area is 261 Å². The maximum atomic E-state index is 12.2. The molecule has 0 aromatic heterocycles. The molecule has 3 rings (SSSR count). The average molecular weight is 534 g/mol. The van der Waals surface area contributed by atoms with Crippen LogP contribution in [0, 0.1) is 6.07 Å². The van der Waals surface area contributed by atoms with Gasteiger partial charge in [-0.15, -0.1) is 24.8 Å². The topological polar surface area (TPSA) is 200 Å². The fourth-order valence-electron chi connectivity index (χ4n) is 1.87. The molecule has 1 amide bonds. The number of hydrazone groups is 2. The molecule has 0 unspecified atom stereocenters. The molecule has 34 heavy (non-hydrogen) atoms. The molecule has 1 heterocycles.